The van der Waals surface area contributed by atoms with Crippen molar-refractivity contribution in [2.45, 2.75) is 19.3 Å². The Labute approximate surface area is 132 Å². The number of amides is 1. The van der Waals surface area contributed by atoms with Gasteiger partial charge in [-0.05, 0) is 23.3 Å². The molecule has 2 aromatic carbocycles. The lowest BCUT2D eigenvalue weighted by molar-refractivity contribution is -0.176. The average Bonchev–Trinajstić information content (AvgIpc) is 2.53. The number of alkyl halides is 3. The number of hydrogen-bond acceptors (Lipinski definition) is 2. The fraction of sp³-hybridized carbons (Fsp3) is 0.235. The summed E-state index contributed by atoms with van der Waals surface area (Å²) in [5.41, 5.74) is 2.07. The van der Waals surface area contributed by atoms with Gasteiger partial charge in [0.15, 0.2) is 0 Å². The number of benzene rings is 2. The lowest BCUT2D eigenvalue weighted by Crippen LogP contribution is -2.22. The van der Waals surface area contributed by atoms with E-state index >= 15 is 0 Å². The van der Waals surface area contributed by atoms with Crippen LogP contribution in [0.4, 0.5) is 13.2 Å². The molecule has 23 heavy (non-hydrogen) atoms. The molecule has 6 heteroatoms. The van der Waals surface area contributed by atoms with E-state index in [0.29, 0.717) is 17.7 Å². The molecule has 2 aromatic rings. The Balaban J connectivity index is 1.80. The molecule has 0 atom stereocenters. The minimum absolute atomic E-state index is 0.101. The Morgan fingerprint density at radius 1 is 0.957 bits per heavy atom. The lowest BCUT2D eigenvalue weighted by Gasteiger charge is -2.09. The van der Waals surface area contributed by atoms with Crippen molar-refractivity contribution in [2.24, 2.45) is 0 Å². The Hall–Kier alpha value is -2.34. The van der Waals surface area contributed by atoms with E-state index in [9.17, 15) is 18.0 Å². The molecule has 0 fully saturated rings. The molecule has 0 spiro atoms. The third-order valence-corrected chi connectivity index (χ3v) is 3.05. The van der Waals surface area contributed by atoms with E-state index < -0.39 is 12.8 Å². The maximum Gasteiger partial charge on any atom is 0.411 e. The smallest absolute Gasteiger partial charge is 0.367 e. The molecule has 0 aliphatic heterocycles. The van der Waals surface area contributed by atoms with Gasteiger partial charge < -0.3 is 10.1 Å². The van der Waals surface area contributed by atoms with Crippen molar-refractivity contribution in [2.75, 3.05) is 6.61 Å². The Morgan fingerprint density at radius 2 is 1.57 bits per heavy atom. The van der Waals surface area contributed by atoms with Crippen molar-refractivity contribution in [3.63, 3.8) is 0 Å². The molecule has 0 saturated carbocycles. The van der Waals surface area contributed by atoms with Crippen molar-refractivity contribution in [1.29, 1.82) is 0 Å². The monoisotopic (exact) mass is 323 g/mol. The van der Waals surface area contributed by atoms with Crippen LogP contribution in [0.3, 0.4) is 0 Å². The second-order valence-electron chi connectivity index (χ2n) is 4.97. The summed E-state index contributed by atoms with van der Waals surface area (Å²) in [6, 6.07) is 15.7. The summed E-state index contributed by atoms with van der Waals surface area (Å²) in [4.78, 5) is 11.9. The molecule has 0 heterocycles. The van der Waals surface area contributed by atoms with Crippen molar-refractivity contribution in [3.8, 4) is 0 Å². The standard InChI is InChI=1S/C17H16F3NO2/c18-17(19,20)12-23-11-14-8-6-13(7-9-14)10-21-16(22)15-4-2-1-3-5-15/h1-9H,10-12H2,(H,21,22). The van der Waals surface area contributed by atoms with E-state index in [1.807, 2.05) is 6.07 Å². The van der Waals surface area contributed by atoms with Crippen LogP contribution >= 0.6 is 0 Å². The summed E-state index contributed by atoms with van der Waals surface area (Å²) < 4.78 is 40.5. The zero-order valence-electron chi connectivity index (χ0n) is 12.3. The minimum Gasteiger partial charge on any atom is -0.367 e. The number of nitrogens with one attached hydrogen (secondary N) is 1. The van der Waals surface area contributed by atoms with E-state index in [1.54, 1.807) is 48.5 Å². The third-order valence-electron chi connectivity index (χ3n) is 3.05. The zero-order valence-corrected chi connectivity index (χ0v) is 12.3. The van der Waals surface area contributed by atoms with Gasteiger partial charge in [0.1, 0.15) is 6.61 Å². The van der Waals surface area contributed by atoms with Gasteiger partial charge in [0.05, 0.1) is 6.61 Å². The van der Waals surface area contributed by atoms with Gasteiger partial charge in [0.25, 0.3) is 5.91 Å². The third kappa shape index (κ3) is 6.12. The van der Waals surface area contributed by atoms with Gasteiger partial charge in [-0.25, -0.2) is 0 Å². The van der Waals surface area contributed by atoms with Gasteiger partial charge >= 0.3 is 6.18 Å². The Kier molecular flexibility index (Phi) is 5.76. The summed E-state index contributed by atoms with van der Waals surface area (Å²) in [7, 11) is 0. The average molecular weight is 323 g/mol. The van der Waals surface area contributed by atoms with Gasteiger partial charge in [-0.15, -0.1) is 0 Å². The van der Waals surface area contributed by atoms with Crippen molar-refractivity contribution >= 4 is 5.91 Å². The highest BCUT2D eigenvalue weighted by atomic mass is 19.4. The van der Waals surface area contributed by atoms with E-state index in [4.69, 9.17) is 0 Å². The van der Waals surface area contributed by atoms with E-state index in [-0.39, 0.29) is 12.5 Å². The largest absolute Gasteiger partial charge is 0.411 e. The zero-order chi connectivity index (χ0) is 16.7. The maximum atomic E-state index is 12.0. The highest BCUT2D eigenvalue weighted by molar-refractivity contribution is 5.94. The van der Waals surface area contributed by atoms with Gasteiger partial charge in [-0.1, -0.05) is 42.5 Å². The summed E-state index contributed by atoms with van der Waals surface area (Å²) in [5, 5.41) is 2.78. The molecule has 1 amide bonds. The Morgan fingerprint density at radius 3 is 2.17 bits per heavy atom. The van der Waals surface area contributed by atoms with Crippen molar-refractivity contribution in [3.05, 3.63) is 71.3 Å². The van der Waals surface area contributed by atoms with Crippen LogP contribution < -0.4 is 5.32 Å². The number of halogens is 3. The summed E-state index contributed by atoms with van der Waals surface area (Å²) in [5.74, 6) is -0.178. The molecule has 0 aromatic heterocycles. The van der Waals surface area contributed by atoms with E-state index in [1.165, 1.54) is 0 Å². The van der Waals surface area contributed by atoms with Crippen LogP contribution in [0.15, 0.2) is 54.6 Å². The molecular weight excluding hydrogens is 307 g/mol. The van der Waals surface area contributed by atoms with E-state index in [2.05, 4.69) is 10.1 Å². The van der Waals surface area contributed by atoms with Gasteiger partial charge in [0, 0.05) is 12.1 Å². The van der Waals surface area contributed by atoms with Crippen LogP contribution in [-0.2, 0) is 17.9 Å². The van der Waals surface area contributed by atoms with Gasteiger partial charge in [-0.2, -0.15) is 13.2 Å². The summed E-state index contributed by atoms with van der Waals surface area (Å²) >= 11 is 0. The fourth-order valence-corrected chi connectivity index (χ4v) is 1.91. The topological polar surface area (TPSA) is 38.3 Å². The van der Waals surface area contributed by atoms with Crippen LogP contribution in [-0.4, -0.2) is 18.7 Å². The highest BCUT2D eigenvalue weighted by Gasteiger charge is 2.27. The SMILES string of the molecule is O=C(NCc1ccc(COCC(F)(F)F)cc1)c1ccccc1. The van der Waals surface area contributed by atoms with Crippen LogP contribution in [0.2, 0.25) is 0 Å². The normalized spacial score (nSPS) is 11.3. The molecule has 0 aliphatic rings. The minimum atomic E-state index is -4.32. The van der Waals surface area contributed by atoms with Crippen molar-refractivity contribution in [1.82, 2.24) is 5.32 Å². The van der Waals surface area contributed by atoms with E-state index in [0.717, 1.165) is 5.56 Å². The number of ether oxygens (including phenoxy) is 1. The van der Waals surface area contributed by atoms with Crippen LogP contribution in [0.5, 0.6) is 0 Å². The van der Waals surface area contributed by atoms with Crippen molar-refractivity contribution < 1.29 is 22.7 Å². The first-order chi connectivity index (χ1) is 10.9. The first kappa shape index (κ1) is 17.0. The number of rotatable bonds is 6. The van der Waals surface area contributed by atoms with Crippen LogP contribution in [0.25, 0.3) is 0 Å². The van der Waals surface area contributed by atoms with Crippen LogP contribution in [0, 0.1) is 0 Å². The molecule has 122 valence electrons. The molecule has 0 aliphatic carbocycles. The molecule has 2 rings (SSSR count). The summed E-state index contributed by atoms with van der Waals surface area (Å²) in [6.45, 7) is -1.02. The predicted molar refractivity (Wildman–Crippen MR) is 79.8 cm³/mol. The molecule has 1 N–H and O–H groups in total. The second kappa shape index (κ2) is 7.78. The Bertz CT molecular complexity index is 625. The molecular formula is C17H16F3NO2. The molecule has 0 unspecified atom stereocenters. The quantitative estimate of drug-likeness (QED) is 0.880. The molecule has 0 radical (unpaired) electrons. The second-order valence-corrected chi connectivity index (χ2v) is 4.97. The predicted octanol–water partition coefficient (Wildman–Crippen LogP) is 3.70. The number of hydrogen-bond donors (Lipinski definition) is 1. The molecule has 3 nitrogen and oxygen atoms in total. The van der Waals surface area contributed by atoms with Crippen LogP contribution in [0.1, 0.15) is 21.5 Å². The first-order valence-corrected chi connectivity index (χ1v) is 6.99. The summed E-state index contributed by atoms with van der Waals surface area (Å²) in [6.07, 6.45) is -4.32. The molecule has 0 saturated heterocycles. The van der Waals surface area contributed by atoms with Gasteiger partial charge in [0.2, 0.25) is 0 Å². The number of carbonyl (C=O) groups excluding carboxylic acids is 1. The first-order valence-electron chi connectivity index (χ1n) is 6.99. The van der Waals surface area contributed by atoms with Gasteiger partial charge in [-0.3, -0.25) is 4.79 Å². The number of carbonyl (C=O) groups is 1. The highest BCUT2D eigenvalue weighted by Crippen LogP contribution is 2.15. The fourth-order valence-electron chi connectivity index (χ4n) is 1.91. The maximum absolute atomic E-state index is 12.0. The molecule has 0 bridgehead atoms. The lowest BCUT2D eigenvalue weighted by atomic mass is 10.1.